The molecule has 1 aliphatic rings. The minimum absolute atomic E-state index is 0.691. The van der Waals surface area contributed by atoms with Crippen molar-refractivity contribution >= 4 is 0 Å². The number of nitrogens with zero attached hydrogens (tertiary/aromatic N) is 2. The summed E-state index contributed by atoms with van der Waals surface area (Å²) in [6.45, 7) is 15.2. The van der Waals surface area contributed by atoms with E-state index in [1.165, 1.54) is 19.6 Å². The minimum atomic E-state index is 0.691. The maximum absolute atomic E-state index is 2.61. The van der Waals surface area contributed by atoms with Crippen LogP contribution < -0.4 is 0 Å². The summed E-state index contributed by atoms with van der Waals surface area (Å²) in [4.78, 5) is 5.18. The Labute approximate surface area is 82.9 Å². The molecule has 0 amide bonds. The van der Waals surface area contributed by atoms with E-state index in [2.05, 4.69) is 44.4 Å². The van der Waals surface area contributed by atoms with Crippen LogP contribution in [-0.4, -0.2) is 47.6 Å². The van der Waals surface area contributed by atoms with E-state index in [0.717, 1.165) is 12.1 Å². The predicted octanol–water partition coefficient (Wildman–Crippen LogP) is 1.81. The normalized spacial score (nSPS) is 32.8. The fraction of sp³-hybridized carbons (Fsp3) is 1.00. The van der Waals surface area contributed by atoms with Crippen LogP contribution in [0.25, 0.3) is 0 Å². The molecule has 1 saturated heterocycles. The lowest BCUT2D eigenvalue weighted by molar-refractivity contribution is 0.0269. The Hall–Kier alpha value is -0.0800. The van der Waals surface area contributed by atoms with Crippen LogP contribution in [0.5, 0.6) is 0 Å². The summed E-state index contributed by atoms with van der Waals surface area (Å²) in [6, 6.07) is 2.14. The zero-order valence-corrected chi connectivity index (χ0v) is 9.75. The van der Waals surface area contributed by atoms with Gasteiger partial charge in [0.2, 0.25) is 0 Å². The van der Waals surface area contributed by atoms with Gasteiger partial charge < -0.3 is 0 Å². The summed E-state index contributed by atoms with van der Waals surface area (Å²) < 4.78 is 0. The van der Waals surface area contributed by atoms with Gasteiger partial charge >= 0.3 is 0 Å². The predicted molar refractivity (Wildman–Crippen MR) is 58.0 cm³/mol. The van der Waals surface area contributed by atoms with Crippen LogP contribution in [0.2, 0.25) is 0 Å². The maximum Gasteiger partial charge on any atom is 0.0198 e. The van der Waals surface area contributed by atoms with Gasteiger partial charge in [0.05, 0.1) is 0 Å². The summed E-state index contributed by atoms with van der Waals surface area (Å²) in [5.41, 5.74) is 0. The second-order valence-electron chi connectivity index (χ2n) is 4.58. The summed E-state index contributed by atoms with van der Waals surface area (Å²) in [7, 11) is 0. The Balaban J connectivity index is 2.56. The third-order valence-electron chi connectivity index (χ3n) is 3.23. The monoisotopic (exact) mass is 184 g/mol. The van der Waals surface area contributed by atoms with Gasteiger partial charge in [-0.25, -0.2) is 0 Å². The van der Waals surface area contributed by atoms with Gasteiger partial charge in [-0.2, -0.15) is 0 Å². The zero-order chi connectivity index (χ0) is 10.0. The summed E-state index contributed by atoms with van der Waals surface area (Å²) in [5.74, 6) is 0. The Bertz CT molecular complexity index is 156. The number of hydrogen-bond acceptors (Lipinski definition) is 2. The molecule has 0 saturated carbocycles. The van der Waals surface area contributed by atoms with Gasteiger partial charge in [0, 0.05) is 31.2 Å². The molecule has 0 spiro atoms. The Morgan fingerprint density at radius 3 is 2.23 bits per heavy atom. The largest absolute Gasteiger partial charge is 0.298 e. The Morgan fingerprint density at radius 1 is 1.15 bits per heavy atom. The first-order valence-corrected chi connectivity index (χ1v) is 5.56. The topological polar surface area (TPSA) is 6.48 Å². The van der Waals surface area contributed by atoms with E-state index in [9.17, 15) is 0 Å². The second kappa shape index (κ2) is 4.43. The molecule has 78 valence electrons. The van der Waals surface area contributed by atoms with Gasteiger partial charge in [0.15, 0.2) is 0 Å². The lowest BCUT2D eigenvalue weighted by Gasteiger charge is -2.45. The summed E-state index contributed by atoms with van der Waals surface area (Å²) in [6.07, 6.45) is 0. The Morgan fingerprint density at radius 2 is 1.77 bits per heavy atom. The van der Waals surface area contributed by atoms with Gasteiger partial charge in [-0.3, -0.25) is 9.80 Å². The van der Waals surface area contributed by atoms with Crippen LogP contribution in [-0.2, 0) is 0 Å². The van der Waals surface area contributed by atoms with Crippen molar-refractivity contribution < 1.29 is 0 Å². The quantitative estimate of drug-likeness (QED) is 0.646. The van der Waals surface area contributed by atoms with Crippen LogP contribution in [0, 0.1) is 0 Å². The van der Waals surface area contributed by atoms with Crippen molar-refractivity contribution in [3.05, 3.63) is 0 Å². The first-order valence-electron chi connectivity index (χ1n) is 5.56. The van der Waals surface area contributed by atoms with Crippen LogP contribution in [0.15, 0.2) is 0 Å². The molecular weight excluding hydrogens is 160 g/mol. The van der Waals surface area contributed by atoms with Gasteiger partial charge in [0.25, 0.3) is 0 Å². The highest BCUT2D eigenvalue weighted by Crippen LogP contribution is 2.16. The minimum Gasteiger partial charge on any atom is -0.298 e. The smallest absolute Gasteiger partial charge is 0.0198 e. The molecule has 0 aliphatic carbocycles. The summed E-state index contributed by atoms with van der Waals surface area (Å²) in [5, 5.41) is 0. The third-order valence-corrected chi connectivity index (χ3v) is 3.23. The van der Waals surface area contributed by atoms with Crippen LogP contribution in [0.4, 0.5) is 0 Å². The van der Waals surface area contributed by atoms with E-state index < -0.39 is 0 Å². The number of hydrogen-bond donors (Lipinski definition) is 0. The molecule has 0 N–H and O–H groups in total. The summed E-state index contributed by atoms with van der Waals surface area (Å²) >= 11 is 0. The van der Waals surface area contributed by atoms with Gasteiger partial charge in [-0.1, -0.05) is 6.92 Å². The van der Waals surface area contributed by atoms with Gasteiger partial charge in [0.1, 0.15) is 0 Å². The average molecular weight is 184 g/mol. The van der Waals surface area contributed by atoms with E-state index in [0.29, 0.717) is 6.04 Å². The van der Waals surface area contributed by atoms with Crippen molar-refractivity contribution in [1.82, 2.24) is 9.80 Å². The van der Waals surface area contributed by atoms with Crippen LogP contribution in [0.3, 0.4) is 0 Å². The van der Waals surface area contributed by atoms with E-state index >= 15 is 0 Å². The molecule has 0 aromatic heterocycles. The molecule has 1 heterocycles. The van der Waals surface area contributed by atoms with Crippen LogP contribution >= 0.6 is 0 Å². The van der Waals surface area contributed by atoms with Crippen molar-refractivity contribution in [2.24, 2.45) is 0 Å². The number of likely N-dealkylation sites (N-methyl/N-ethyl adjacent to an activating group) is 1. The molecule has 1 rings (SSSR count). The average Bonchev–Trinajstić information content (AvgIpc) is 2.07. The van der Waals surface area contributed by atoms with Crippen LogP contribution in [0.1, 0.15) is 34.6 Å². The molecule has 1 fully saturated rings. The fourth-order valence-corrected chi connectivity index (χ4v) is 2.39. The van der Waals surface area contributed by atoms with E-state index in [1.807, 2.05) is 0 Å². The third kappa shape index (κ3) is 2.44. The Kier molecular flexibility index (Phi) is 3.74. The first-order chi connectivity index (χ1) is 6.06. The molecular formula is C11H24N2. The second-order valence-corrected chi connectivity index (χ2v) is 4.58. The van der Waals surface area contributed by atoms with Gasteiger partial charge in [-0.15, -0.1) is 0 Å². The molecule has 0 bridgehead atoms. The highest BCUT2D eigenvalue weighted by Gasteiger charge is 2.28. The van der Waals surface area contributed by atoms with Crippen molar-refractivity contribution in [2.45, 2.75) is 52.7 Å². The molecule has 0 unspecified atom stereocenters. The highest BCUT2D eigenvalue weighted by atomic mass is 15.3. The van der Waals surface area contributed by atoms with Crippen molar-refractivity contribution in [3.63, 3.8) is 0 Å². The van der Waals surface area contributed by atoms with Crippen molar-refractivity contribution in [2.75, 3.05) is 19.6 Å². The fourth-order valence-electron chi connectivity index (χ4n) is 2.39. The first kappa shape index (κ1) is 11.0. The molecule has 0 aromatic carbocycles. The van der Waals surface area contributed by atoms with Crippen molar-refractivity contribution in [1.29, 1.82) is 0 Å². The standard InChI is InChI=1S/C11H24N2/c1-6-12-7-11(5)13(9(2)3)8-10(12)4/h9-11H,6-8H2,1-5H3/t10-,11-/m0/s1. The van der Waals surface area contributed by atoms with E-state index in [4.69, 9.17) is 0 Å². The lowest BCUT2D eigenvalue weighted by Crippen LogP contribution is -2.57. The molecule has 2 heteroatoms. The van der Waals surface area contributed by atoms with E-state index in [-0.39, 0.29) is 0 Å². The number of piperazine rings is 1. The van der Waals surface area contributed by atoms with E-state index in [1.54, 1.807) is 0 Å². The highest BCUT2D eigenvalue weighted by molar-refractivity contribution is 4.85. The number of rotatable bonds is 2. The lowest BCUT2D eigenvalue weighted by atomic mass is 10.1. The maximum atomic E-state index is 2.61. The zero-order valence-electron chi connectivity index (χ0n) is 9.75. The molecule has 0 radical (unpaired) electrons. The van der Waals surface area contributed by atoms with Gasteiger partial charge in [-0.05, 0) is 34.2 Å². The SMILES string of the molecule is CCN1C[C@H](C)N(C(C)C)C[C@@H]1C. The molecule has 13 heavy (non-hydrogen) atoms. The molecule has 2 atom stereocenters. The molecule has 2 nitrogen and oxygen atoms in total. The van der Waals surface area contributed by atoms with Crippen molar-refractivity contribution in [3.8, 4) is 0 Å². The molecule has 0 aromatic rings. The molecule has 1 aliphatic heterocycles.